The van der Waals surface area contributed by atoms with Crippen molar-refractivity contribution in [3.8, 4) is 0 Å². The van der Waals surface area contributed by atoms with E-state index in [1.807, 2.05) is 29.9 Å². The van der Waals surface area contributed by atoms with Gasteiger partial charge in [-0.15, -0.1) is 0 Å². The fourth-order valence-corrected chi connectivity index (χ4v) is 1.82. The van der Waals surface area contributed by atoms with Gasteiger partial charge in [0.15, 0.2) is 10.7 Å². The number of rotatable bonds is 1. The maximum Gasteiger partial charge on any atom is 0.168 e. The molecule has 0 amide bonds. The number of hydrogen-bond donors (Lipinski definition) is 1. The molecule has 0 bridgehead atoms. The van der Waals surface area contributed by atoms with Crippen LogP contribution in [0.25, 0.3) is 10.9 Å². The van der Waals surface area contributed by atoms with Crippen LogP contribution in [0.15, 0.2) is 35.4 Å². The number of aromatic nitrogens is 1. The fraction of sp³-hybridized carbons (Fsp3) is 0.111. The second-order valence-corrected chi connectivity index (χ2v) is 3.96. The van der Waals surface area contributed by atoms with E-state index in [9.17, 15) is 8.42 Å². The molecule has 0 atom stereocenters. The highest BCUT2D eigenvalue weighted by atomic mass is 32.2. The summed E-state index contributed by atoms with van der Waals surface area (Å²) >= 11 is 0. The Balaban J connectivity index is 2.77. The van der Waals surface area contributed by atoms with Crippen LogP contribution in [0.3, 0.4) is 0 Å². The number of fused-ring (bicyclic) bond motifs is 1. The Morgan fingerprint density at radius 3 is 2.69 bits per heavy atom. The summed E-state index contributed by atoms with van der Waals surface area (Å²) in [5.74, 6) is 0. The van der Waals surface area contributed by atoms with Gasteiger partial charge < -0.3 is 4.57 Å². The number of benzene rings is 1. The van der Waals surface area contributed by atoms with Crippen LogP contribution >= 0.6 is 0 Å². The van der Waals surface area contributed by atoms with E-state index < -0.39 is 10.7 Å². The summed E-state index contributed by atoms with van der Waals surface area (Å²) in [4.78, 5) is 0.369. The minimum atomic E-state index is -2.47. The van der Waals surface area contributed by atoms with Crippen molar-refractivity contribution in [1.82, 2.24) is 4.57 Å². The predicted molar refractivity (Wildman–Crippen MR) is 51.5 cm³/mol. The molecular weight excluding hydrogens is 186 g/mol. The number of hydrogen-bond acceptors (Lipinski definition) is 2. The molecule has 0 unspecified atom stereocenters. The molecule has 0 aliphatic carbocycles. The molecule has 3 nitrogen and oxygen atoms in total. The lowest BCUT2D eigenvalue weighted by atomic mass is 10.2. The normalized spacial score (nSPS) is 11.2. The van der Waals surface area contributed by atoms with Crippen molar-refractivity contribution < 1.29 is 8.42 Å². The molecule has 2 aromatic rings. The molecule has 0 saturated carbocycles. The monoisotopic (exact) mass is 195 g/mol. The Morgan fingerprint density at radius 1 is 1.23 bits per heavy atom. The Kier molecular flexibility index (Phi) is 1.84. The van der Waals surface area contributed by atoms with E-state index in [1.54, 1.807) is 12.1 Å². The summed E-state index contributed by atoms with van der Waals surface area (Å²) in [5.41, 5.74) is 1.04. The molecule has 0 radical (unpaired) electrons. The minimum absolute atomic E-state index is 0.369. The average molecular weight is 195 g/mol. The quantitative estimate of drug-likeness (QED) is 0.693. The van der Waals surface area contributed by atoms with E-state index in [0.29, 0.717) is 4.90 Å². The van der Waals surface area contributed by atoms with Gasteiger partial charge in [0, 0.05) is 24.1 Å². The largest absolute Gasteiger partial charge is 0.351 e. The van der Waals surface area contributed by atoms with Crippen LogP contribution in [0.1, 0.15) is 0 Å². The molecular formula is C9H9NO2S. The standard InChI is InChI=1S/C9H9NO2S/c1-10-5-4-7-6-8(13(11)12)2-3-9(7)10/h2-6,13H,1H3. The van der Waals surface area contributed by atoms with E-state index >= 15 is 0 Å². The van der Waals surface area contributed by atoms with Crippen LogP contribution in [0.5, 0.6) is 0 Å². The fourth-order valence-electron chi connectivity index (χ4n) is 1.38. The first-order chi connectivity index (χ1) is 6.18. The summed E-state index contributed by atoms with van der Waals surface area (Å²) in [7, 11) is -0.539. The van der Waals surface area contributed by atoms with Crippen LogP contribution in [0.4, 0.5) is 0 Å². The molecule has 0 saturated heterocycles. The first-order valence-electron chi connectivity index (χ1n) is 3.88. The summed E-state index contributed by atoms with van der Waals surface area (Å²) in [6, 6.07) is 7.02. The van der Waals surface area contributed by atoms with E-state index in [-0.39, 0.29) is 0 Å². The van der Waals surface area contributed by atoms with Crippen LogP contribution in [0, 0.1) is 0 Å². The van der Waals surface area contributed by atoms with E-state index in [0.717, 1.165) is 10.9 Å². The number of thiol groups is 1. The predicted octanol–water partition coefficient (Wildman–Crippen LogP) is 1.15. The van der Waals surface area contributed by atoms with Gasteiger partial charge in [-0.05, 0) is 24.3 Å². The summed E-state index contributed by atoms with van der Waals surface area (Å²) in [5, 5.41) is 0.958. The van der Waals surface area contributed by atoms with Gasteiger partial charge in [-0.25, -0.2) is 8.42 Å². The molecule has 1 heterocycles. The van der Waals surface area contributed by atoms with Crippen molar-refractivity contribution in [2.45, 2.75) is 4.90 Å². The van der Waals surface area contributed by atoms with E-state index in [4.69, 9.17) is 0 Å². The molecule has 1 aromatic heterocycles. The highest BCUT2D eigenvalue weighted by Crippen LogP contribution is 2.16. The molecule has 0 aliphatic rings. The van der Waals surface area contributed by atoms with Crippen molar-refractivity contribution >= 4 is 21.6 Å². The van der Waals surface area contributed by atoms with Crippen LogP contribution in [-0.4, -0.2) is 13.0 Å². The van der Waals surface area contributed by atoms with Gasteiger partial charge in [0.1, 0.15) is 0 Å². The van der Waals surface area contributed by atoms with Gasteiger partial charge in [-0.1, -0.05) is 0 Å². The molecule has 0 aliphatic heterocycles. The van der Waals surface area contributed by atoms with Crippen molar-refractivity contribution in [3.63, 3.8) is 0 Å². The first-order valence-corrected chi connectivity index (χ1v) is 5.06. The van der Waals surface area contributed by atoms with Gasteiger partial charge in [-0.3, -0.25) is 0 Å². The Labute approximate surface area is 77.6 Å². The molecule has 0 fully saturated rings. The van der Waals surface area contributed by atoms with Gasteiger partial charge >= 0.3 is 0 Å². The van der Waals surface area contributed by atoms with Crippen molar-refractivity contribution in [1.29, 1.82) is 0 Å². The third kappa shape index (κ3) is 1.33. The van der Waals surface area contributed by atoms with Gasteiger partial charge in [-0.2, -0.15) is 0 Å². The minimum Gasteiger partial charge on any atom is -0.351 e. The lowest BCUT2D eigenvalue weighted by Gasteiger charge is -1.95. The molecule has 13 heavy (non-hydrogen) atoms. The summed E-state index contributed by atoms with van der Waals surface area (Å²) in [6.07, 6.45) is 1.91. The Hall–Kier alpha value is -1.29. The molecule has 1 aromatic carbocycles. The Morgan fingerprint density at radius 2 is 2.00 bits per heavy atom. The van der Waals surface area contributed by atoms with Gasteiger partial charge in [0.05, 0.1) is 4.90 Å². The third-order valence-corrected chi connectivity index (χ3v) is 2.78. The highest BCUT2D eigenvalue weighted by molar-refractivity contribution is 7.72. The summed E-state index contributed by atoms with van der Waals surface area (Å²) in [6.45, 7) is 0. The van der Waals surface area contributed by atoms with Crippen LogP contribution in [0.2, 0.25) is 0 Å². The first kappa shape index (κ1) is 8.31. The van der Waals surface area contributed by atoms with E-state index in [1.165, 1.54) is 0 Å². The van der Waals surface area contributed by atoms with Crippen molar-refractivity contribution in [2.75, 3.05) is 0 Å². The maximum absolute atomic E-state index is 10.7. The van der Waals surface area contributed by atoms with Crippen molar-refractivity contribution in [2.24, 2.45) is 7.05 Å². The SMILES string of the molecule is Cn1ccc2cc([SH](=O)=O)ccc21. The number of aryl methyl sites for hydroxylation is 1. The zero-order valence-corrected chi connectivity index (χ0v) is 7.99. The Bertz CT molecular complexity index is 517. The molecule has 4 heteroatoms. The smallest absolute Gasteiger partial charge is 0.168 e. The van der Waals surface area contributed by atoms with Gasteiger partial charge in [0.2, 0.25) is 0 Å². The second kappa shape index (κ2) is 2.88. The molecule has 0 spiro atoms. The highest BCUT2D eigenvalue weighted by Gasteiger charge is 2.00. The maximum atomic E-state index is 10.7. The average Bonchev–Trinajstić information content (AvgIpc) is 2.47. The van der Waals surface area contributed by atoms with Crippen molar-refractivity contribution in [3.05, 3.63) is 30.5 Å². The third-order valence-electron chi connectivity index (χ3n) is 2.08. The number of nitrogens with zero attached hydrogens (tertiary/aromatic N) is 1. The van der Waals surface area contributed by atoms with Gasteiger partial charge in [0.25, 0.3) is 0 Å². The second-order valence-electron chi connectivity index (χ2n) is 2.93. The molecule has 0 N–H and O–H groups in total. The zero-order chi connectivity index (χ0) is 9.42. The molecule has 68 valence electrons. The van der Waals surface area contributed by atoms with Crippen LogP contribution in [-0.2, 0) is 17.8 Å². The lowest BCUT2D eigenvalue weighted by Crippen LogP contribution is -1.84. The molecule has 2 rings (SSSR count). The zero-order valence-electron chi connectivity index (χ0n) is 7.10. The van der Waals surface area contributed by atoms with Crippen LogP contribution < -0.4 is 0 Å². The lowest BCUT2D eigenvalue weighted by molar-refractivity contribution is 0.614. The van der Waals surface area contributed by atoms with E-state index in [2.05, 4.69) is 0 Å². The summed E-state index contributed by atoms with van der Waals surface area (Å²) < 4.78 is 23.3. The topological polar surface area (TPSA) is 39.1 Å².